The number of aromatic nitrogens is 3. The van der Waals surface area contributed by atoms with Gasteiger partial charge in [0.25, 0.3) is 11.8 Å². The van der Waals surface area contributed by atoms with Crippen LogP contribution in [-0.4, -0.2) is 55.3 Å². The predicted molar refractivity (Wildman–Crippen MR) is 149 cm³/mol. The number of nitrogens with one attached hydrogen (secondary N) is 2. The van der Waals surface area contributed by atoms with Gasteiger partial charge in [0.05, 0.1) is 28.4 Å². The first-order valence-corrected chi connectivity index (χ1v) is 13.9. The smallest absolute Gasteiger partial charge is 0.269 e. The van der Waals surface area contributed by atoms with Crippen LogP contribution in [-0.2, 0) is 27.6 Å². The molecule has 12 nitrogen and oxygen atoms in total. The lowest BCUT2D eigenvalue weighted by molar-refractivity contribution is 0.0992. The van der Waals surface area contributed by atoms with E-state index in [4.69, 9.17) is 15.6 Å². The molecule has 0 bridgehead atoms. The van der Waals surface area contributed by atoms with Gasteiger partial charge in [-0.05, 0) is 66.9 Å². The minimum atomic E-state index is -3.89. The van der Waals surface area contributed by atoms with Crippen molar-refractivity contribution in [2.45, 2.75) is 17.7 Å². The van der Waals surface area contributed by atoms with Crippen LogP contribution in [0.1, 0.15) is 32.0 Å². The number of primary amides is 1. The van der Waals surface area contributed by atoms with Crippen LogP contribution in [0.4, 0.5) is 11.5 Å². The molecule has 0 fully saturated rings. The first kappa shape index (κ1) is 27.0. The summed E-state index contributed by atoms with van der Waals surface area (Å²) in [5, 5.41) is 15.8. The Hall–Kier alpha value is -4.59. The molecule has 13 heteroatoms. The molecule has 4 aromatic rings. The third-order valence-electron chi connectivity index (χ3n) is 6.54. The summed E-state index contributed by atoms with van der Waals surface area (Å²) < 4.78 is 30.1. The number of fused-ring (bicyclic) bond motifs is 3. The summed E-state index contributed by atoms with van der Waals surface area (Å²) in [6, 6.07) is 14.8. The molecule has 206 valence electrons. The number of hydrogen-bond acceptors (Lipinski definition) is 8. The van der Waals surface area contributed by atoms with Crippen LogP contribution in [0.3, 0.4) is 0 Å². The summed E-state index contributed by atoms with van der Waals surface area (Å²) in [7, 11) is -2.29. The van der Waals surface area contributed by atoms with Gasteiger partial charge in [-0.3, -0.25) is 9.59 Å². The van der Waals surface area contributed by atoms with Crippen molar-refractivity contribution in [1.29, 1.82) is 0 Å². The molecule has 0 radical (unpaired) electrons. The fourth-order valence-electron chi connectivity index (χ4n) is 4.68. The number of primary sulfonamides is 1. The molecule has 0 saturated carbocycles. The summed E-state index contributed by atoms with van der Waals surface area (Å²) in [6.07, 6.45) is 2.77. The van der Waals surface area contributed by atoms with E-state index in [0.29, 0.717) is 60.0 Å². The molecule has 0 aliphatic heterocycles. The number of pyridine rings is 1. The van der Waals surface area contributed by atoms with E-state index in [0.717, 1.165) is 11.1 Å². The number of carbonyl (C=O) groups is 2. The summed E-state index contributed by atoms with van der Waals surface area (Å²) in [6.45, 7) is 0.941. The number of hydrogen-bond donors (Lipinski definition) is 4. The highest BCUT2D eigenvalue weighted by atomic mass is 32.2. The number of sulfonamides is 1. The minimum Gasteiger partial charge on any atom is -0.383 e. The van der Waals surface area contributed by atoms with Crippen molar-refractivity contribution in [3.8, 4) is 16.9 Å². The third kappa shape index (κ3) is 5.30. The first-order valence-electron chi connectivity index (χ1n) is 12.3. The van der Waals surface area contributed by atoms with E-state index in [-0.39, 0.29) is 16.5 Å². The first-order chi connectivity index (χ1) is 19.2. The Kier molecular flexibility index (Phi) is 7.34. The Labute approximate surface area is 230 Å². The number of nitrogens with zero attached hydrogens (tertiary/aromatic N) is 3. The zero-order valence-corrected chi connectivity index (χ0v) is 22.4. The highest BCUT2D eigenvalue weighted by Gasteiger charge is 2.28. The fraction of sp³-hybridized carbons (Fsp3) is 0.185. The molecule has 2 aromatic heterocycles. The number of anilines is 2. The zero-order chi connectivity index (χ0) is 28.4. The molecular weight excluding hydrogens is 534 g/mol. The zero-order valence-electron chi connectivity index (χ0n) is 21.5. The lowest BCUT2D eigenvalue weighted by Crippen LogP contribution is -2.18. The van der Waals surface area contributed by atoms with Gasteiger partial charge in [0.15, 0.2) is 5.69 Å². The van der Waals surface area contributed by atoms with Crippen LogP contribution in [0.25, 0.3) is 16.9 Å². The third-order valence-corrected chi connectivity index (χ3v) is 7.47. The van der Waals surface area contributed by atoms with Crippen molar-refractivity contribution < 1.29 is 22.7 Å². The lowest BCUT2D eigenvalue weighted by Gasteiger charge is -2.20. The van der Waals surface area contributed by atoms with Gasteiger partial charge >= 0.3 is 0 Å². The van der Waals surface area contributed by atoms with Crippen LogP contribution in [0.15, 0.2) is 65.7 Å². The summed E-state index contributed by atoms with van der Waals surface area (Å²) in [5.74, 6) is -0.590. The van der Waals surface area contributed by atoms with Gasteiger partial charge in [0.1, 0.15) is 5.82 Å². The second-order valence-electron chi connectivity index (χ2n) is 9.14. The van der Waals surface area contributed by atoms with Crippen molar-refractivity contribution in [2.24, 2.45) is 10.9 Å². The number of ether oxygens (including phenoxy) is 1. The molecule has 5 rings (SSSR count). The number of methoxy groups -OCH3 is 1. The topological polar surface area (TPSA) is 184 Å². The van der Waals surface area contributed by atoms with Gasteiger partial charge in [0, 0.05) is 36.7 Å². The summed E-state index contributed by atoms with van der Waals surface area (Å²) in [5.41, 5.74) is 10.3. The standard InChI is InChI=1S/C27H27N7O5S/c1-39-14-13-31-26-21(3-2-12-30-26)27(36)32-17-6-4-16-5-11-20-23(25(28)35)33-34(24(20)22(16)15-17)18-7-9-19(10-8-18)40(29,37)38/h2-4,6-10,12,15H,5,11,13-14H2,1H3,(H2,28,35)(H,30,31)(H,32,36)(H2,29,37,38). The average molecular weight is 562 g/mol. The van der Waals surface area contributed by atoms with E-state index < -0.39 is 15.9 Å². The molecule has 2 amide bonds. The molecule has 2 heterocycles. The number of benzene rings is 2. The molecule has 0 unspecified atom stereocenters. The number of carbonyl (C=O) groups excluding carboxylic acids is 2. The summed E-state index contributed by atoms with van der Waals surface area (Å²) >= 11 is 0. The van der Waals surface area contributed by atoms with E-state index in [9.17, 15) is 18.0 Å². The highest BCUT2D eigenvalue weighted by molar-refractivity contribution is 7.89. The predicted octanol–water partition coefficient (Wildman–Crippen LogP) is 2.09. The second-order valence-corrected chi connectivity index (χ2v) is 10.7. The van der Waals surface area contributed by atoms with Crippen LogP contribution in [0, 0.1) is 0 Å². The molecule has 0 spiro atoms. The molecule has 2 aromatic carbocycles. The molecule has 1 aliphatic rings. The summed E-state index contributed by atoms with van der Waals surface area (Å²) in [4.78, 5) is 29.7. The highest BCUT2D eigenvalue weighted by Crippen LogP contribution is 2.38. The van der Waals surface area contributed by atoms with E-state index in [1.165, 1.54) is 12.1 Å². The molecular formula is C27H27N7O5S. The number of aryl methyl sites for hydroxylation is 1. The van der Waals surface area contributed by atoms with Gasteiger partial charge in [0.2, 0.25) is 10.0 Å². The monoisotopic (exact) mass is 561 g/mol. The van der Waals surface area contributed by atoms with E-state index >= 15 is 0 Å². The van der Waals surface area contributed by atoms with E-state index in [2.05, 4.69) is 20.7 Å². The van der Waals surface area contributed by atoms with Crippen molar-refractivity contribution in [1.82, 2.24) is 14.8 Å². The van der Waals surface area contributed by atoms with Gasteiger partial charge in [-0.25, -0.2) is 23.2 Å². The number of rotatable bonds is 9. The lowest BCUT2D eigenvalue weighted by atomic mass is 9.88. The van der Waals surface area contributed by atoms with Crippen LogP contribution in [0.5, 0.6) is 0 Å². The van der Waals surface area contributed by atoms with Crippen molar-refractivity contribution in [3.63, 3.8) is 0 Å². The van der Waals surface area contributed by atoms with Crippen molar-refractivity contribution in [2.75, 3.05) is 30.9 Å². The Balaban J connectivity index is 1.53. The minimum absolute atomic E-state index is 0.0516. The average Bonchev–Trinajstić information content (AvgIpc) is 3.34. The van der Waals surface area contributed by atoms with Gasteiger partial charge in [-0.1, -0.05) is 6.07 Å². The largest absolute Gasteiger partial charge is 0.383 e. The van der Waals surface area contributed by atoms with Crippen LogP contribution >= 0.6 is 0 Å². The number of nitrogens with two attached hydrogens (primary N) is 2. The maximum atomic E-state index is 13.2. The molecule has 1 aliphatic carbocycles. The molecule has 0 atom stereocenters. The molecule has 6 N–H and O–H groups in total. The van der Waals surface area contributed by atoms with Crippen LogP contribution in [0.2, 0.25) is 0 Å². The maximum Gasteiger partial charge on any atom is 0.269 e. The van der Waals surface area contributed by atoms with Gasteiger partial charge < -0.3 is 21.1 Å². The molecule has 40 heavy (non-hydrogen) atoms. The second kappa shape index (κ2) is 10.9. The Morgan fingerprint density at radius 3 is 2.58 bits per heavy atom. The number of amides is 2. The quantitative estimate of drug-likeness (QED) is 0.224. The van der Waals surface area contributed by atoms with Gasteiger partial charge in [-0.15, -0.1) is 0 Å². The van der Waals surface area contributed by atoms with Crippen molar-refractivity contribution >= 4 is 33.3 Å². The van der Waals surface area contributed by atoms with Crippen molar-refractivity contribution in [3.05, 3.63) is 83.2 Å². The van der Waals surface area contributed by atoms with Gasteiger partial charge in [-0.2, -0.15) is 5.10 Å². The van der Waals surface area contributed by atoms with Crippen LogP contribution < -0.4 is 21.5 Å². The SMILES string of the molecule is COCCNc1ncccc1C(=O)Nc1ccc2c(c1)-c1c(c(C(N)=O)nn1-c1ccc(S(N)(=O)=O)cc1)CC2. The molecule has 0 saturated heterocycles. The Morgan fingerprint density at radius 1 is 1.10 bits per heavy atom. The Morgan fingerprint density at radius 2 is 1.88 bits per heavy atom. The Bertz CT molecular complexity index is 1720. The van der Waals surface area contributed by atoms with E-state index in [1.807, 2.05) is 18.2 Å². The van der Waals surface area contributed by atoms with E-state index in [1.54, 1.807) is 42.3 Å². The fourth-order valence-corrected chi connectivity index (χ4v) is 5.19. The normalized spacial score (nSPS) is 12.3. The maximum absolute atomic E-state index is 13.2.